The number of nitrogens with two attached hydrogens (primary N) is 2. The van der Waals surface area contributed by atoms with E-state index in [1.165, 1.54) is 5.56 Å². The summed E-state index contributed by atoms with van der Waals surface area (Å²) < 4.78 is 0. The van der Waals surface area contributed by atoms with Crippen molar-refractivity contribution < 1.29 is 4.79 Å². The number of anilines is 1. The number of pyridine rings is 1. The summed E-state index contributed by atoms with van der Waals surface area (Å²) in [7, 11) is 2.02. The molecular formula is C15H18N4O. The monoisotopic (exact) mass is 270 g/mol. The Bertz CT molecular complexity index is 598. The van der Waals surface area contributed by atoms with Crippen molar-refractivity contribution in [3.8, 4) is 0 Å². The number of hydrogen-bond acceptors (Lipinski definition) is 4. The second-order valence-corrected chi connectivity index (χ2v) is 4.81. The van der Waals surface area contributed by atoms with E-state index in [2.05, 4.69) is 9.88 Å². The van der Waals surface area contributed by atoms with Crippen LogP contribution < -0.4 is 11.5 Å². The van der Waals surface area contributed by atoms with Gasteiger partial charge in [-0.25, -0.2) is 0 Å². The maximum atomic E-state index is 11.1. The summed E-state index contributed by atoms with van der Waals surface area (Å²) in [6.07, 6.45) is 3.55. The summed E-state index contributed by atoms with van der Waals surface area (Å²) >= 11 is 0. The average Bonchev–Trinajstić information content (AvgIpc) is 2.42. The molecule has 0 aliphatic carbocycles. The third-order valence-corrected chi connectivity index (χ3v) is 3.07. The first-order valence-corrected chi connectivity index (χ1v) is 6.32. The van der Waals surface area contributed by atoms with Crippen LogP contribution in [-0.4, -0.2) is 22.8 Å². The molecular weight excluding hydrogens is 252 g/mol. The van der Waals surface area contributed by atoms with E-state index in [1.54, 1.807) is 24.5 Å². The topological polar surface area (TPSA) is 85.2 Å². The van der Waals surface area contributed by atoms with Crippen molar-refractivity contribution in [3.05, 3.63) is 59.4 Å². The molecule has 5 nitrogen and oxygen atoms in total. The lowest BCUT2D eigenvalue weighted by Crippen LogP contribution is -2.18. The highest BCUT2D eigenvalue weighted by atomic mass is 16.1. The van der Waals surface area contributed by atoms with E-state index >= 15 is 0 Å². The first-order valence-electron chi connectivity index (χ1n) is 6.32. The minimum Gasteiger partial charge on any atom is -0.398 e. The van der Waals surface area contributed by atoms with Gasteiger partial charge in [0.05, 0.1) is 0 Å². The van der Waals surface area contributed by atoms with Crippen LogP contribution in [0.3, 0.4) is 0 Å². The normalized spacial score (nSPS) is 10.7. The first-order chi connectivity index (χ1) is 9.56. The summed E-state index contributed by atoms with van der Waals surface area (Å²) in [5.74, 6) is -0.464. The van der Waals surface area contributed by atoms with E-state index in [4.69, 9.17) is 11.5 Å². The summed E-state index contributed by atoms with van der Waals surface area (Å²) in [5, 5.41) is 0. The van der Waals surface area contributed by atoms with Gasteiger partial charge in [0.15, 0.2) is 0 Å². The van der Waals surface area contributed by atoms with Crippen LogP contribution in [0.5, 0.6) is 0 Å². The Morgan fingerprint density at radius 3 is 2.50 bits per heavy atom. The third-order valence-electron chi connectivity index (χ3n) is 3.07. The SMILES string of the molecule is CN(Cc1ccncc1)Cc1ccc(C(N)=O)cc1N. The third kappa shape index (κ3) is 3.55. The van der Waals surface area contributed by atoms with Crippen molar-refractivity contribution in [2.24, 2.45) is 5.73 Å². The van der Waals surface area contributed by atoms with Gasteiger partial charge < -0.3 is 11.5 Å². The van der Waals surface area contributed by atoms with Crippen LogP contribution in [-0.2, 0) is 13.1 Å². The number of carbonyl (C=O) groups excluding carboxylic acids is 1. The van der Waals surface area contributed by atoms with Crippen LogP contribution >= 0.6 is 0 Å². The molecule has 0 saturated carbocycles. The molecule has 4 N–H and O–H groups in total. The second-order valence-electron chi connectivity index (χ2n) is 4.81. The smallest absolute Gasteiger partial charge is 0.248 e. The maximum Gasteiger partial charge on any atom is 0.248 e. The second kappa shape index (κ2) is 6.16. The molecule has 20 heavy (non-hydrogen) atoms. The van der Waals surface area contributed by atoms with Gasteiger partial charge in [0, 0.05) is 36.7 Å². The number of carbonyl (C=O) groups is 1. The van der Waals surface area contributed by atoms with Gasteiger partial charge in [0.1, 0.15) is 0 Å². The van der Waals surface area contributed by atoms with Crippen molar-refractivity contribution in [2.75, 3.05) is 12.8 Å². The van der Waals surface area contributed by atoms with Crippen LogP contribution in [0.2, 0.25) is 0 Å². The van der Waals surface area contributed by atoms with Crippen LogP contribution in [0.4, 0.5) is 5.69 Å². The molecule has 1 heterocycles. The molecule has 2 aromatic rings. The fourth-order valence-electron chi connectivity index (χ4n) is 2.04. The number of hydrogen-bond donors (Lipinski definition) is 2. The lowest BCUT2D eigenvalue weighted by molar-refractivity contribution is 0.100. The lowest BCUT2D eigenvalue weighted by Gasteiger charge is -2.18. The van der Waals surface area contributed by atoms with Crippen molar-refractivity contribution in [2.45, 2.75) is 13.1 Å². The largest absolute Gasteiger partial charge is 0.398 e. The average molecular weight is 270 g/mol. The van der Waals surface area contributed by atoms with E-state index in [0.717, 1.165) is 12.1 Å². The van der Waals surface area contributed by atoms with Gasteiger partial charge in [-0.05, 0) is 42.4 Å². The van der Waals surface area contributed by atoms with Gasteiger partial charge in [-0.1, -0.05) is 6.07 Å². The van der Waals surface area contributed by atoms with Crippen molar-refractivity contribution in [3.63, 3.8) is 0 Å². The van der Waals surface area contributed by atoms with E-state index in [1.807, 2.05) is 25.2 Å². The molecule has 0 unspecified atom stereocenters. The number of aromatic nitrogens is 1. The molecule has 5 heteroatoms. The Balaban J connectivity index is 2.04. The van der Waals surface area contributed by atoms with E-state index < -0.39 is 5.91 Å². The highest BCUT2D eigenvalue weighted by Crippen LogP contribution is 2.16. The Kier molecular flexibility index (Phi) is 4.32. The Labute approximate surface area is 118 Å². The predicted molar refractivity (Wildman–Crippen MR) is 78.8 cm³/mol. The molecule has 0 atom stereocenters. The number of benzene rings is 1. The molecule has 104 valence electrons. The van der Waals surface area contributed by atoms with Gasteiger partial charge in [0.25, 0.3) is 0 Å². The molecule has 1 aromatic heterocycles. The van der Waals surface area contributed by atoms with Gasteiger partial charge in [-0.3, -0.25) is 14.7 Å². The first kappa shape index (κ1) is 14.0. The van der Waals surface area contributed by atoms with Gasteiger partial charge in [0.2, 0.25) is 5.91 Å². The summed E-state index contributed by atoms with van der Waals surface area (Å²) in [6, 6.07) is 9.14. The van der Waals surface area contributed by atoms with Gasteiger partial charge >= 0.3 is 0 Å². The standard InChI is InChI=1S/C15H18N4O/c1-19(9-11-4-6-18-7-5-11)10-13-3-2-12(15(17)20)8-14(13)16/h2-8H,9-10,16H2,1H3,(H2,17,20). The van der Waals surface area contributed by atoms with Crippen LogP contribution in [0.25, 0.3) is 0 Å². The minimum absolute atomic E-state index is 0.433. The van der Waals surface area contributed by atoms with Gasteiger partial charge in [-0.15, -0.1) is 0 Å². The number of nitrogen functional groups attached to an aromatic ring is 1. The molecule has 0 spiro atoms. The van der Waals surface area contributed by atoms with E-state index in [-0.39, 0.29) is 0 Å². The molecule has 0 bridgehead atoms. The molecule has 0 fully saturated rings. The Morgan fingerprint density at radius 2 is 1.90 bits per heavy atom. The number of rotatable bonds is 5. The minimum atomic E-state index is -0.464. The molecule has 2 rings (SSSR count). The quantitative estimate of drug-likeness (QED) is 0.804. The molecule has 1 aromatic carbocycles. The summed E-state index contributed by atoms with van der Waals surface area (Å²) in [5.41, 5.74) is 14.4. The summed E-state index contributed by atoms with van der Waals surface area (Å²) in [4.78, 5) is 17.2. The highest BCUT2D eigenvalue weighted by molar-refractivity contribution is 5.93. The zero-order chi connectivity index (χ0) is 14.5. The van der Waals surface area contributed by atoms with Crippen molar-refractivity contribution >= 4 is 11.6 Å². The molecule has 0 aliphatic rings. The Hall–Kier alpha value is -2.40. The zero-order valence-corrected chi connectivity index (χ0v) is 11.4. The Morgan fingerprint density at radius 1 is 1.20 bits per heavy atom. The highest BCUT2D eigenvalue weighted by Gasteiger charge is 2.07. The molecule has 1 amide bonds. The number of amides is 1. The maximum absolute atomic E-state index is 11.1. The molecule has 0 aliphatic heterocycles. The summed E-state index contributed by atoms with van der Waals surface area (Å²) in [6.45, 7) is 1.51. The van der Waals surface area contributed by atoms with Crippen molar-refractivity contribution in [1.29, 1.82) is 0 Å². The lowest BCUT2D eigenvalue weighted by atomic mass is 10.1. The van der Waals surface area contributed by atoms with Crippen LogP contribution in [0.15, 0.2) is 42.7 Å². The van der Waals surface area contributed by atoms with Crippen LogP contribution in [0, 0.1) is 0 Å². The van der Waals surface area contributed by atoms with Gasteiger partial charge in [-0.2, -0.15) is 0 Å². The van der Waals surface area contributed by atoms with E-state index in [9.17, 15) is 4.79 Å². The van der Waals surface area contributed by atoms with Crippen LogP contribution in [0.1, 0.15) is 21.5 Å². The molecule has 0 radical (unpaired) electrons. The zero-order valence-electron chi connectivity index (χ0n) is 11.4. The number of nitrogens with zero attached hydrogens (tertiary/aromatic N) is 2. The fraction of sp³-hybridized carbons (Fsp3) is 0.200. The predicted octanol–water partition coefficient (Wildman–Crippen LogP) is 1.39. The molecule has 0 saturated heterocycles. The number of primary amides is 1. The van der Waals surface area contributed by atoms with E-state index in [0.29, 0.717) is 17.8 Å². The fourth-order valence-corrected chi connectivity index (χ4v) is 2.04. The van der Waals surface area contributed by atoms with Crippen molar-refractivity contribution in [1.82, 2.24) is 9.88 Å².